The minimum Gasteiger partial charge on any atom is -0.396 e. The summed E-state index contributed by atoms with van der Waals surface area (Å²) in [7, 11) is -1.41. The van der Waals surface area contributed by atoms with Crippen molar-refractivity contribution < 1.29 is 18.5 Å². The Hall–Kier alpha value is -1.47. The fourth-order valence-electron chi connectivity index (χ4n) is 1.70. The highest BCUT2D eigenvalue weighted by Crippen LogP contribution is 2.19. The van der Waals surface area contributed by atoms with Gasteiger partial charge >= 0.3 is 6.03 Å². The van der Waals surface area contributed by atoms with Gasteiger partial charge in [-0.05, 0) is 30.0 Å². The van der Waals surface area contributed by atoms with Crippen molar-refractivity contribution in [2.45, 2.75) is 25.2 Å². The Balaban J connectivity index is 2.59. The highest BCUT2D eigenvalue weighted by atomic mass is 32.2. The van der Waals surface area contributed by atoms with E-state index in [1.165, 1.54) is 18.4 Å². The van der Waals surface area contributed by atoms with E-state index < -0.39 is 22.6 Å². The lowest BCUT2D eigenvalue weighted by Gasteiger charge is -2.23. The van der Waals surface area contributed by atoms with Gasteiger partial charge in [0.2, 0.25) is 0 Å². The van der Waals surface area contributed by atoms with Crippen LogP contribution in [0.25, 0.3) is 0 Å². The minimum absolute atomic E-state index is 0.0527. The predicted octanol–water partition coefficient (Wildman–Crippen LogP) is 2.09. The van der Waals surface area contributed by atoms with Crippen molar-refractivity contribution in [2.24, 2.45) is 5.41 Å². The number of hydrogen-bond donors (Lipinski definition) is 3. The molecule has 1 aromatic rings. The van der Waals surface area contributed by atoms with Crippen molar-refractivity contribution in [1.29, 1.82) is 0 Å². The zero-order valence-corrected chi connectivity index (χ0v) is 13.2. The Morgan fingerprint density at radius 3 is 2.62 bits per heavy atom. The first kappa shape index (κ1) is 17.6. The molecule has 0 aromatic heterocycles. The Kier molecular flexibility index (Phi) is 6.29. The first-order valence-electron chi connectivity index (χ1n) is 6.54. The number of rotatable bonds is 6. The molecule has 0 aliphatic carbocycles. The van der Waals surface area contributed by atoms with Crippen LogP contribution in [-0.4, -0.2) is 34.8 Å². The first-order valence-corrected chi connectivity index (χ1v) is 8.10. The topological polar surface area (TPSA) is 78.4 Å². The number of urea groups is 1. The SMILES string of the molecule is CS(=O)c1ccc(NC(=O)NCC(C)(C)CCO)cc1F. The molecule has 1 rings (SSSR count). The number of carbonyl (C=O) groups excluding carboxylic acids is 1. The number of hydrogen-bond acceptors (Lipinski definition) is 3. The summed E-state index contributed by atoms with van der Waals surface area (Å²) in [6.45, 7) is 4.29. The van der Waals surface area contributed by atoms with Gasteiger partial charge in [-0.15, -0.1) is 0 Å². The molecule has 0 fully saturated rings. The zero-order valence-electron chi connectivity index (χ0n) is 12.4. The molecule has 0 heterocycles. The maximum atomic E-state index is 13.6. The molecule has 118 valence electrons. The molecule has 1 unspecified atom stereocenters. The van der Waals surface area contributed by atoms with E-state index in [1.54, 1.807) is 0 Å². The van der Waals surface area contributed by atoms with Gasteiger partial charge in [0.1, 0.15) is 5.82 Å². The number of aliphatic hydroxyl groups excluding tert-OH is 1. The number of halogens is 1. The average Bonchev–Trinajstić information content (AvgIpc) is 2.36. The smallest absolute Gasteiger partial charge is 0.319 e. The number of carbonyl (C=O) groups is 1. The van der Waals surface area contributed by atoms with Crippen molar-refractivity contribution in [2.75, 3.05) is 24.7 Å². The molecule has 21 heavy (non-hydrogen) atoms. The van der Waals surface area contributed by atoms with E-state index in [0.717, 1.165) is 6.07 Å². The first-order chi connectivity index (χ1) is 9.75. The highest BCUT2D eigenvalue weighted by molar-refractivity contribution is 7.84. The lowest BCUT2D eigenvalue weighted by molar-refractivity contribution is 0.204. The second kappa shape index (κ2) is 7.51. The standard InChI is InChI=1S/C14H21FN2O3S/c1-14(2,6-7-18)9-16-13(19)17-10-4-5-12(21(3)20)11(15)8-10/h4-5,8,18H,6-7,9H2,1-3H3,(H2,16,17,19). The van der Waals surface area contributed by atoms with Crippen molar-refractivity contribution in [1.82, 2.24) is 5.32 Å². The monoisotopic (exact) mass is 316 g/mol. The van der Waals surface area contributed by atoms with Crippen LogP contribution in [0.1, 0.15) is 20.3 Å². The van der Waals surface area contributed by atoms with E-state index in [4.69, 9.17) is 5.11 Å². The fraction of sp³-hybridized carbons (Fsp3) is 0.500. The van der Waals surface area contributed by atoms with E-state index in [1.807, 2.05) is 13.8 Å². The van der Waals surface area contributed by atoms with Crippen molar-refractivity contribution >= 4 is 22.5 Å². The number of nitrogens with one attached hydrogen (secondary N) is 2. The van der Waals surface area contributed by atoms with Crippen LogP contribution in [-0.2, 0) is 10.8 Å². The lowest BCUT2D eigenvalue weighted by Crippen LogP contribution is -2.37. The third-order valence-electron chi connectivity index (χ3n) is 3.02. The van der Waals surface area contributed by atoms with Crippen LogP contribution in [0, 0.1) is 11.2 Å². The Bertz CT molecular complexity index is 535. The van der Waals surface area contributed by atoms with Crippen LogP contribution in [0.5, 0.6) is 0 Å². The van der Waals surface area contributed by atoms with Crippen molar-refractivity contribution in [3.05, 3.63) is 24.0 Å². The summed E-state index contributed by atoms with van der Waals surface area (Å²) in [6, 6.07) is 3.57. The van der Waals surface area contributed by atoms with Crippen LogP contribution in [0.2, 0.25) is 0 Å². The number of amides is 2. The summed E-state index contributed by atoms with van der Waals surface area (Å²) >= 11 is 0. The van der Waals surface area contributed by atoms with Gasteiger partial charge in [-0.3, -0.25) is 4.21 Å². The normalized spacial score (nSPS) is 12.8. The van der Waals surface area contributed by atoms with Gasteiger partial charge in [-0.25, -0.2) is 9.18 Å². The van der Waals surface area contributed by atoms with Gasteiger partial charge in [-0.1, -0.05) is 13.8 Å². The fourth-order valence-corrected chi connectivity index (χ4v) is 2.29. The zero-order chi connectivity index (χ0) is 16.0. The van der Waals surface area contributed by atoms with Crippen LogP contribution in [0.15, 0.2) is 23.1 Å². The molecule has 0 aliphatic rings. The molecule has 5 nitrogen and oxygen atoms in total. The lowest BCUT2D eigenvalue weighted by atomic mass is 9.90. The molecule has 0 saturated carbocycles. The van der Waals surface area contributed by atoms with Crippen LogP contribution < -0.4 is 10.6 Å². The van der Waals surface area contributed by atoms with Gasteiger partial charge in [0.25, 0.3) is 0 Å². The Morgan fingerprint density at radius 1 is 1.43 bits per heavy atom. The van der Waals surface area contributed by atoms with E-state index in [-0.39, 0.29) is 16.9 Å². The molecule has 2 amide bonds. The van der Waals surface area contributed by atoms with Gasteiger partial charge < -0.3 is 15.7 Å². The van der Waals surface area contributed by atoms with Gasteiger partial charge in [0, 0.05) is 25.1 Å². The maximum Gasteiger partial charge on any atom is 0.319 e. The van der Waals surface area contributed by atoms with E-state index in [9.17, 15) is 13.4 Å². The summed E-state index contributed by atoms with van der Waals surface area (Å²) in [5.74, 6) is -0.616. The van der Waals surface area contributed by atoms with Gasteiger partial charge in [-0.2, -0.15) is 0 Å². The van der Waals surface area contributed by atoms with E-state index in [0.29, 0.717) is 18.7 Å². The molecule has 0 bridgehead atoms. The summed E-state index contributed by atoms with van der Waals surface area (Å²) in [4.78, 5) is 11.8. The van der Waals surface area contributed by atoms with E-state index in [2.05, 4.69) is 10.6 Å². The molecular formula is C14H21FN2O3S. The third kappa shape index (κ3) is 5.81. The summed E-state index contributed by atoms with van der Waals surface area (Å²) in [5, 5.41) is 14.1. The van der Waals surface area contributed by atoms with Gasteiger partial charge in [0.15, 0.2) is 0 Å². The van der Waals surface area contributed by atoms with Gasteiger partial charge in [0.05, 0.1) is 15.7 Å². The summed E-state index contributed by atoms with van der Waals surface area (Å²) < 4.78 is 24.9. The Labute approximate surface area is 126 Å². The van der Waals surface area contributed by atoms with Crippen LogP contribution in [0.3, 0.4) is 0 Å². The summed E-state index contributed by atoms with van der Waals surface area (Å²) in [6.07, 6.45) is 1.96. The predicted molar refractivity (Wildman–Crippen MR) is 81.2 cm³/mol. The molecule has 0 aliphatic heterocycles. The highest BCUT2D eigenvalue weighted by Gasteiger charge is 2.18. The summed E-state index contributed by atoms with van der Waals surface area (Å²) in [5.41, 5.74) is 0.0690. The average molecular weight is 316 g/mol. The molecule has 0 radical (unpaired) electrons. The second-order valence-corrected chi connectivity index (χ2v) is 6.89. The Morgan fingerprint density at radius 2 is 2.10 bits per heavy atom. The quantitative estimate of drug-likeness (QED) is 0.752. The minimum atomic E-state index is -1.41. The number of benzene rings is 1. The number of anilines is 1. The molecule has 1 atom stereocenters. The molecule has 1 aromatic carbocycles. The van der Waals surface area contributed by atoms with Crippen molar-refractivity contribution in [3.8, 4) is 0 Å². The molecular weight excluding hydrogens is 295 g/mol. The van der Waals surface area contributed by atoms with Crippen LogP contribution >= 0.6 is 0 Å². The molecule has 0 saturated heterocycles. The van der Waals surface area contributed by atoms with Crippen LogP contribution in [0.4, 0.5) is 14.9 Å². The third-order valence-corrected chi connectivity index (χ3v) is 3.97. The maximum absolute atomic E-state index is 13.6. The molecule has 3 N–H and O–H groups in total. The largest absolute Gasteiger partial charge is 0.396 e. The van der Waals surface area contributed by atoms with Crippen molar-refractivity contribution in [3.63, 3.8) is 0 Å². The second-order valence-electron chi connectivity index (χ2n) is 5.54. The molecule has 0 spiro atoms. The molecule has 7 heteroatoms. The number of aliphatic hydroxyl groups is 1. The van der Waals surface area contributed by atoms with E-state index >= 15 is 0 Å².